The number of aromatic nitrogens is 2. The molecule has 0 amide bonds. The third-order valence-corrected chi connectivity index (χ3v) is 4.36. The molecule has 0 saturated heterocycles. The fourth-order valence-corrected chi connectivity index (χ4v) is 3.04. The molecular weight excluding hydrogens is 347 g/mol. The molecule has 6 heteroatoms. The number of hydrogen-bond donors (Lipinski definition) is 1. The Morgan fingerprint density at radius 3 is 2.75 bits per heavy atom. The molecule has 0 aliphatic heterocycles. The van der Waals surface area contributed by atoms with Crippen molar-refractivity contribution in [3.63, 3.8) is 0 Å². The SMILES string of the molecule is CCc1nn(C)c(CC(O)c2ccc(Cl)cc2F)c1Br. The van der Waals surface area contributed by atoms with Crippen LogP contribution in [0.2, 0.25) is 5.02 Å². The summed E-state index contributed by atoms with van der Waals surface area (Å²) in [6.45, 7) is 2.01. The molecule has 20 heavy (non-hydrogen) atoms. The summed E-state index contributed by atoms with van der Waals surface area (Å²) in [4.78, 5) is 0. The molecule has 1 aromatic carbocycles. The summed E-state index contributed by atoms with van der Waals surface area (Å²) >= 11 is 9.20. The number of aryl methyl sites for hydroxylation is 2. The van der Waals surface area contributed by atoms with Gasteiger partial charge in [-0.2, -0.15) is 5.10 Å². The van der Waals surface area contributed by atoms with Crippen LogP contribution in [0.15, 0.2) is 22.7 Å². The maximum Gasteiger partial charge on any atom is 0.130 e. The second-order valence-electron chi connectivity index (χ2n) is 4.57. The Hall–Kier alpha value is -0.910. The minimum Gasteiger partial charge on any atom is -0.388 e. The fourth-order valence-electron chi connectivity index (χ4n) is 2.11. The number of benzene rings is 1. The predicted molar refractivity (Wildman–Crippen MR) is 80.4 cm³/mol. The van der Waals surface area contributed by atoms with Gasteiger partial charge in [0, 0.05) is 24.1 Å². The van der Waals surface area contributed by atoms with Crippen LogP contribution in [0, 0.1) is 5.82 Å². The molecule has 0 aliphatic carbocycles. The van der Waals surface area contributed by atoms with Crippen LogP contribution >= 0.6 is 27.5 Å². The van der Waals surface area contributed by atoms with Crippen molar-refractivity contribution in [2.45, 2.75) is 25.9 Å². The van der Waals surface area contributed by atoms with Gasteiger partial charge < -0.3 is 5.11 Å². The van der Waals surface area contributed by atoms with Crippen molar-refractivity contribution in [3.8, 4) is 0 Å². The monoisotopic (exact) mass is 360 g/mol. The lowest BCUT2D eigenvalue weighted by molar-refractivity contribution is 0.171. The zero-order valence-electron chi connectivity index (χ0n) is 11.2. The van der Waals surface area contributed by atoms with Crippen molar-refractivity contribution in [1.82, 2.24) is 9.78 Å². The molecular formula is C14H15BrClFN2O. The summed E-state index contributed by atoms with van der Waals surface area (Å²) in [6.07, 6.45) is 0.131. The lowest BCUT2D eigenvalue weighted by Gasteiger charge is -2.13. The van der Waals surface area contributed by atoms with Crippen molar-refractivity contribution in [2.75, 3.05) is 0 Å². The third kappa shape index (κ3) is 3.05. The summed E-state index contributed by atoms with van der Waals surface area (Å²) in [6, 6.07) is 4.28. The molecule has 2 rings (SSSR count). The van der Waals surface area contributed by atoms with Gasteiger partial charge in [0.05, 0.1) is 22.0 Å². The number of aliphatic hydroxyl groups is 1. The van der Waals surface area contributed by atoms with Crippen molar-refractivity contribution >= 4 is 27.5 Å². The predicted octanol–water partition coefficient (Wildman–Crippen LogP) is 3.81. The highest BCUT2D eigenvalue weighted by Gasteiger charge is 2.19. The second-order valence-corrected chi connectivity index (χ2v) is 5.80. The fraction of sp³-hybridized carbons (Fsp3) is 0.357. The van der Waals surface area contributed by atoms with E-state index in [1.165, 1.54) is 12.1 Å². The van der Waals surface area contributed by atoms with Crippen molar-refractivity contribution in [3.05, 3.63) is 50.5 Å². The summed E-state index contributed by atoms with van der Waals surface area (Å²) < 4.78 is 16.4. The molecule has 1 heterocycles. The van der Waals surface area contributed by atoms with Gasteiger partial charge in [-0.15, -0.1) is 0 Å². The maximum atomic E-state index is 13.8. The van der Waals surface area contributed by atoms with Crippen LogP contribution in [0.1, 0.15) is 30.0 Å². The number of hydrogen-bond acceptors (Lipinski definition) is 2. The lowest BCUT2D eigenvalue weighted by Crippen LogP contribution is -2.08. The highest BCUT2D eigenvalue weighted by molar-refractivity contribution is 9.10. The quantitative estimate of drug-likeness (QED) is 0.899. The topological polar surface area (TPSA) is 38.0 Å². The highest BCUT2D eigenvalue weighted by atomic mass is 79.9. The summed E-state index contributed by atoms with van der Waals surface area (Å²) in [5, 5.41) is 14.9. The molecule has 0 bridgehead atoms. The van der Waals surface area contributed by atoms with E-state index >= 15 is 0 Å². The van der Waals surface area contributed by atoms with Crippen LogP contribution in [0.4, 0.5) is 4.39 Å². The van der Waals surface area contributed by atoms with Crippen LogP contribution < -0.4 is 0 Å². The van der Waals surface area contributed by atoms with E-state index < -0.39 is 11.9 Å². The number of aliphatic hydroxyl groups excluding tert-OH is 1. The first-order chi connectivity index (χ1) is 9.43. The lowest BCUT2D eigenvalue weighted by atomic mass is 10.0. The minimum atomic E-state index is -0.941. The van der Waals surface area contributed by atoms with Crippen LogP contribution in [-0.4, -0.2) is 14.9 Å². The molecule has 1 unspecified atom stereocenters. The van der Waals surface area contributed by atoms with E-state index in [0.717, 1.165) is 22.3 Å². The first-order valence-electron chi connectivity index (χ1n) is 6.27. The van der Waals surface area contributed by atoms with Crippen molar-refractivity contribution < 1.29 is 9.50 Å². The molecule has 1 atom stereocenters. The average molecular weight is 362 g/mol. The Labute approximate surface area is 130 Å². The molecule has 2 aromatic rings. The molecule has 0 radical (unpaired) electrons. The summed E-state index contributed by atoms with van der Waals surface area (Å²) in [5.74, 6) is -0.501. The molecule has 108 valence electrons. The Kier molecular flexibility index (Phi) is 4.83. The Balaban J connectivity index is 2.27. The molecule has 0 spiro atoms. The van der Waals surface area contributed by atoms with Crippen LogP contribution in [-0.2, 0) is 19.9 Å². The van der Waals surface area contributed by atoms with E-state index in [9.17, 15) is 9.50 Å². The summed E-state index contributed by atoms with van der Waals surface area (Å²) in [7, 11) is 1.81. The van der Waals surface area contributed by atoms with Crippen LogP contribution in [0.3, 0.4) is 0 Å². The minimum absolute atomic E-state index is 0.237. The van der Waals surface area contributed by atoms with Gasteiger partial charge in [0.25, 0.3) is 0 Å². The third-order valence-electron chi connectivity index (χ3n) is 3.21. The summed E-state index contributed by atoms with van der Waals surface area (Å²) in [5.41, 5.74) is 2.00. The Morgan fingerprint density at radius 2 is 2.20 bits per heavy atom. The smallest absolute Gasteiger partial charge is 0.130 e. The van der Waals surface area contributed by atoms with Gasteiger partial charge in [-0.25, -0.2) is 4.39 Å². The van der Waals surface area contributed by atoms with E-state index in [0.29, 0.717) is 5.02 Å². The van der Waals surface area contributed by atoms with Gasteiger partial charge in [0.1, 0.15) is 5.82 Å². The maximum absolute atomic E-state index is 13.8. The number of halogens is 3. The Morgan fingerprint density at radius 1 is 1.50 bits per heavy atom. The van der Waals surface area contributed by atoms with E-state index in [-0.39, 0.29) is 12.0 Å². The standard InChI is InChI=1S/C14H15BrClFN2O/c1-3-11-14(15)12(19(2)18-11)7-13(20)9-5-4-8(16)6-10(9)17/h4-6,13,20H,3,7H2,1-2H3. The Bertz CT molecular complexity index is 630. The zero-order chi connectivity index (χ0) is 14.9. The normalized spacial score (nSPS) is 12.7. The van der Waals surface area contributed by atoms with E-state index in [1.807, 2.05) is 14.0 Å². The van der Waals surface area contributed by atoms with Gasteiger partial charge in [-0.05, 0) is 34.5 Å². The largest absolute Gasteiger partial charge is 0.388 e. The molecule has 0 fully saturated rings. The first kappa shape index (κ1) is 15.5. The van der Waals surface area contributed by atoms with Crippen LogP contribution in [0.5, 0.6) is 0 Å². The molecule has 1 N–H and O–H groups in total. The molecule has 0 aliphatic rings. The van der Waals surface area contributed by atoms with E-state index in [4.69, 9.17) is 11.6 Å². The average Bonchev–Trinajstić information content (AvgIpc) is 2.66. The van der Waals surface area contributed by atoms with Gasteiger partial charge in [0.2, 0.25) is 0 Å². The van der Waals surface area contributed by atoms with Gasteiger partial charge in [-0.3, -0.25) is 4.68 Å². The second kappa shape index (κ2) is 6.24. The molecule has 3 nitrogen and oxygen atoms in total. The number of rotatable bonds is 4. The zero-order valence-corrected chi connectivity index (χ0v) is 13.5. The van der Waals surface area contributed by atoms with Gasteiger partial charge in [-0.1, -0.05) is 24.6 Å². The van der Waals surface area contributed by atoms with Gasteiger partial charge in [0.15, 0.2) is 0 Å². The number of nitrogens with zero attached hydrogens (tertiary/aromatic N) is 2. The van der Waals surface area contributed by atoms with Crippen molar-refractivity contribution in [1.29, 1.82) is 0 Å². The van der Waals surface area contributed by atoms with Gasteiger partial charge >= 0.3 is 0 Å². The molecule has 1 aromatic heterocycles. The van der Waals surface area contributed by atoms with Crippen LogP contribution in [0.25, 0.3) is 0 Å². The molecule has 0 saturated carbocycles. The van der Waals surface area contributed by atoms with E-state index in [1.54, 1.807) is 10.7 Å². The van der Waals surface area contributed by atoms with Crippen molar-refractivity contribution in [2.24, 2.45) is 7.05 Å². The highest BCUT2D eigenvalue weighted by Crippen LogP contribution is 2.28. The van der Waals surface area contributed by atoms with E-state index in [2.05, 4.69) is 21.0 Å². The first-order valence-corrected chi connectivity index (χ1v) is 7.44.